The van der Waals surface area contributed by atoms with Gasteiger partial charge < -0.3 is 8.99 Å². The third kappa shape index (κ3) is 2.94. The molecule has 1 aromatic carbocycles. The van der Waals surface area contributed by atoms with Gasteiger partial charge in [0.1, 0.15) is 7.85 Å². The van der Waals surface area contributed by atoms with Crippen LogP contribution in [0, 0.1) is 5.82 Å². The van der Waals surface area contributed by atoms with Crippen LogP contribution in [-0.4, -0.2) is 20.7 Å². The summed E-state index contributed by atoms with van der Waals surface area (Å²) >= 11 is 0. The van der Waals surface area contributed by atoms with Crippen LogP contribution in [0.1, 0.15) is 26.5 Å². The maximum atomic E-state index is 14.6. The molecular formula is C16H23BFNOSi. The third-order valence-corrected chi connectivity index (χ3v) is 9.13. The second-order valence-corrected chi connectivity index (χ2v) is 12.0. The van der Waals surface area contributed by atoms with E-state index in [2.05, 4.69) is 33.9 Å². The summed E-state index contributed by atoms with van der Waals surface area (Å²) in [7, 11) is 5.72. The van der Waals surface area contributed by atoms with Crippen LogP contribution in [0.15, 0.2) is 18.2 Å². The molecule has 2 radical (unpaired) electrons. The summed E-state index contributed by atoms with van der Waals surface area (Å²) in [5.74, 6) is -0.224. The van der Waals surface area contributed by atoms with E-state index in [1.165, 1.54) is 0 Å². The summed E-state index contributed by atoms with van der Waals surface area (Å²) in [6.45, 7) is 11.2. The molecule has 0 bridgehead atoms. The van der Waals surface area contributed by atoms with Gasteiger partial charge in [0.25, 0.3) is 0 Å². The number of halogens is 1. The highest BCUT2D eigenvalue weighted by Gasteiger charge is 2.37. The number of aromatic nitrogens is 1. The predicted octanol–water partition coefficient (Wildman–Crippen LogP) is 3.63. The van der Waals surface area contributed by atoms with Gasteiger partial charge in [0.2, 0.25) is 0 Å². The molecule has 0 saturated carbocycles. The molecule has 0 N–H and O–H groups in total. The minimum absolute atomic E-state index is 0.110. The van der Waals surface area contributed by atoms with Gasteiger partial charge in [0.05, 0.1) is 17.8 Å². The summed E-state index contributed by atoms with van der Waals surface area (Å²) < 4.78 is 22.6. The van der Waals surface area contributed by atoms with Crippen LogP contribution in [0.4, 0.5) is 4.39 Å². The van der Waals surface area contributed by atoms with Gasteiger partial charge in [0, 0.05) is 12.4 Å². The lowest BCUT2D eigenvalue weighted by atomic mass is 9.95. The molecule has 0 aliphatic carbocycles. The number of hydrogen-bond donors (Lipinski definition) is 0. The number of aryl methyl sites for hydroxylation is 1. The molecule has 0 atom stereocenters. The number of hydrogen-bond acceptors (Lipinski definition) is 1. The summed E-state index contributed by atoms with van der Waals surface area (Å²) in [5.41, 5.74) is 2.00. The number of fused-ring (bicyclic) bond motifs is 1. The second kappa shape index (κ2) is 5.29. The van der Waals surface area contributed by atoms with E-state index < -0.39 is 8.32 Å². The van der Waals surface area contributed by atoms with Crippen molar-refractivity contribution < 1.29 is 8.82 Å². The fraction of sp³-hybridized carbons (Fsp3) is 0.500. The van der Waals surface area contributed by atoms with Crippen LogP contribution < -0.4 is 5.46 Å². The fourth-order valence-corrected chi connectivity index (χ4v) is 3.03. The van der Waals surface area contributed by atoms with E-state index in [0.29, 0.717) is 23.1 Å². The topological polar surface area (TPSA) is 14.2 Å². The van der Waals surface area contributed by atoms with Gasteiger partial charge in [-0.05, 0) is 24.2 Å². The molecule has 112 valence electrons. The van der Waals surface area contributed by atoms with Gasteiger partial charge >= 0.3 is 0 Å². The smallest absolute Gasteiger partial charge is 0.192 e. The molecule has 5 heteroatoms. The van der Waals surface area contributed by atoms with Crippen LogP contribution in [0.3, 0.4) is 0 Å². The highest BCUT2D eigenvalue weighted by Crippen LogP contribution is 2.37. The average Bonchev–Trinajstić information content (AvgIpc) is 2.58. The quantitative estimate of drug-likeness (QED) is 0.790. The summed E-state index contributed by atoms with van der Waals surface area (Å²) in [4.78, 5) is 0. The van der Waals surface area contributed by atoms with Crippen molar-refractivity contribution in [2.75, 3.05) is 0 Å². The molecule has 0 saturated heterocycles. The molecule has 21 heavy (non-hydrogen) atoms. The Balaban J connectivity index is 2.36. The largest absolute Gasteiger partial charge is 0.411 e. The third-order valence-electron chi connectivity index (χ3n) is 4.65. The van der Waals surface area contributed by atoms with Gasteiger partial charge in [-0.1, -0.05) is 38.4 Å². The Kier molecular flexibility index (Phi) is 4.11. The van der Waals surface area contributed by atoms with Crippen molar-refractivity contribution in [3.8, 4) is 0 Å². The molecule has 0 aliphatic heterocycles. The molecule has 0 aliphatic rings. The maximum Gasteiger partial charge on any atom is 0.192 e. The molecule has 2 nitrogen and oxygen atoms in total. The lowest BCUT2D eigenvalue weighted by Gasteiger charge is -2.36. The summed E-state index contributed by atoms with van der Waals surface area (Å²) in [6.07, 6.45) is 0. The molecule has 0 spiro atoms. The molecule has 0 unspecified atom stereocenters. The SMILES string of the molecule is [B]c1ccc2c(c1)c(F)c(CO[Si](C)(C)C(C)(C)C)n2C. The fourth-order valence-electron chi connectivity index (χ4n) is 2.10. The van der Waals surface area contributed by atoms with Crippen molar-refractivity contribution in [3.05, 3.63) is 29.7 Å². The highest BCUT2D eigenvalue weighted by molar-refractivity contribution is 6.74. The van der Waals surface area contributed by atoms with E-state index in [4.69, 9.17) is 12.3 Å². The van der Waals surface area contributed by atoms with Crippen molar-refractivity contribution >= 4 is 32.5 Å². The first-order valence-electron chi connectivity index (χ1n) is 7.21. The average molecular weight is 303 g/mol. The molecule has 1 heterocycles. The van der Waals surface area contributed by atoms with Crippen molar-refractivity contribution in [1.82, 2.24) is 4.57 Å². The van der Waals surface area contributed by atoms with Gasteiger partial charge in [0.15, 0.2) is 14.1 Å². The van der Waals surface area contributed by atoms with Crippen LogP contribution in [0.25, 0.3) is 10.9 Å². The lowest BCUT2D eigenvalue weighted by molar-refractivity contribution is 0.263. The van der Waals surface area contributed by atoms with Gasteiger partial charge in [-0.25, -0.2) is 4.39 Å². The standard InChI is InChI=1S/C16H23BFNOSi/c1-16(2,3)21(5,6)20-10-14-15(18)12-9-11(17)7-8-13(12)19(14)4/h7-9H,10H2,1-6H3. The normalized spacial score (nSPS) is 13.1. The van der Waals surface area contributed by atoms with E-state index in [1.54, 1.807) is 12.1 Å². The second-order valence-electron chi connectivity index (χ2n) is 7.15. The number of rotatable bonds is 3. The van der Waals surface area contributed by atoms with Gasteiger partial charge in [-0.2, -0.15) is 0 Å². The van der Waals surface area contributed by atoms with Crippen LogP contribution in [-0.2, 0) is 18.1 Å². The van der Waals surface area contributed by atoms with Gasteiger partial charge in [-0.3, -0.25) is 0 Å². The van der Waals surface area contributed by atoms with Crippen LogP contribution in [0.2, 0.25) is 18.1 Å². The zero-order valence-electron chi connectivity index (χ0n) is 13.7. The monoisotopic (exact) mass is 303 g/mol. The van der Waals surface area contributed by atoms with Crippen molar-refractivity contribution in [3.63, 3.8) is 0 Å². The van der Waals surface area contributed by atoms with Gasteiger partial charge in [-0.15, -0.1) is 0 Å². The van der Waals surface area contributed by atoms with E-state index in [1.807, 2.05) is 17.7 Å². The highest BCUT2D eigenvalue weighted by atomic mass is 28.4. The van der Waals surface area contributed by atoms with E-state index in [9.17, 15) is 4.39 Å². The Morgan fingerprint density at radius 1 is 1.29 bits per heavy atom. The molecule has 2 aromatic rings. The molecular weight excluding hydrogens is 280 g/mol. The van der Waals surface area contributed by atoms with Crippen molar-refractivity contribution in [2.24, 2.45) is 7.05 Å². The predicted molar refractivity (Wildman–Crippen MR) is 90.3 cm³/mol. The molecule has 2 rings (SSSR count). The first-order valence-corrected chi connectivity index (χ1v) is 10.1. The Labute approximate surface area is 128 Å². The Hall–Kier alpha value is -1.07. The zero-order chi connectivity index (χ0) is 16.0. The van der Waals surface area contributed by atoms with E-state index in [0.717, 1.165) is 5.52 Å². The molecule has 0 fully saturated rings. The van der Waals surface area contributed by atoms with Crippen molar-refractivity contribution in [2.45, 2.75) is 45.5 Å². The number of benzene rings is 1. The van der Waals surface area contributed by atoms with E-state index in [-0.39, 0.29) is 10.9 Å². The maximum absolute atomic E-state index is 14.6. The first kappa shape index (κ1) is 16.3. The van der Waals surface area contributed by atoms with Crippen molar-refractivity contribution in [1.29, 1.82) is 0 Å². The summed E-state index contributed by atoms with van der Waals surface area (Å²) in [6, 6.07) is 5.32. The minimum atomic E-state index is -1.90. The number of nitrogens with zero attached hydrogens (tertiary/aromatic N) is 1. The lowest BCUT2D eigenvalue weighted by Crippen LogP contribution is -2.40. The Bertz CT molecular complexity index is 673. The van der Waals surface area contributed by atoms with Crippen LogP contribution in [0.5, 0.6) is 0 Å². The molecule has 0 amide bonds. The first-order chi connectivity index (χ1) is 9.54. The Morgan fingerprint density at radius 2 is 1.90 bits per heavy atom. The summed E-state index contributed by atoms with van der Waals surface area (Å²) in [5, 5.41) is 0.671. The van der Waals surface area contributed by atoms with Crippen LogP contribution >= 0.6 is 0 Å². The zero-order valence-corrected chi connectivity index (χ0v) is 14.7. The minimum Gasteiger partial charge on any atom is -0.411 e. The molecule has 1 aromatic heterocycles. The Morgan fingerprint density at radius 3 is 2.48 bits per heavy atom. The van der Waals surface area contributed by atoms with E-state index >= 15 is 0 Å².